The van der Waals surface area contributed by atoms with E-state index in [9.17, 15) is 12.6 Å². The van der Waals surface area contributed by atoms with E-state index in [1.165, 1.54) is 12.1 Å². The third-order valence-electron chi connectivity index (χ3n) is 4.09. The lowest BCUT2D eigenvalue weighted by atomic mass is 10.1. The largest absolute Gasteiger partial charge is 0.282 e. The summed E-state index contributed by atoms with van der Waals surface area (Å²) in [6.45, 7) is 2.43. The van der Waals surface area contributed by atoms with Gasteiger partial charge < -0.3 is 0 Å². The Hall–Kier alpha value is -2.22. The normalized spacial score (nSPS) is 12.8. The van der Waals surface area contributed by atoms with E-state index in [4.69, 9.17) is 4.18 Å². The van der Waals surface area contributed by atoms with Gasteiger partial charge in [0.15, 0.2) is 0 Å². The molecule has 1 unspecified atom stereocenters. The highest BCUT2D eigenvalue weighted by molar-refractivity contribution is 7.91. The molecule has 0 aliphatic carbocycles. The standard InChI is InChI=1S/C20H21NO4S2/c1-2-3-15-25-26(22)21-17-11-13-18(14-12-17)27(23,24)20-10-6-8-16-7-4-5-9-19(16)20/h4-14,21H,2-3,15H2,1H3. The molecule has 27 heavy (non-hydrogen) atoms. The number of unbranched alkanes of at least 4 members (excludes halogenated alkanes) is 1. The molecule has 0 saturated carbocycles. The van der Waals surface area contributed by atoms with Crippen LogP contribution in [0.1, 0.15) is 19.8 Å². The lowest BCUT2D eigenvalue weighted by molar-refractivity contribution is 0.340. The molecular formula is C20H21NO4S2. The maximum absolute atomic E-state index is 13.1. The zero-order valence-corrected chi connectivity index (χ0v) is 16.6. The highest BCUT2D eigenvalue weighted by Gasteiger charge is 2.20. The Morgan fingerprint density at radius 1 is 0.963 bits per heavy atom. The van der Waals surface area contributed by atoms with Crippen LogP contribution >= 0.6 is 0 Å². The van der Waals surface area contributed by atoms with Gasteiger partial charge >= 0.3 is 0 Å². The minimum atomic E-state index is -3.66. The molecule has 0 fully saturated rings. The van der Waals surface area contributed by atoms with E-state index >= 15 is 0 Å². The summed E-state index contributed by atoms with van der Waals surface area (Å²) in [6.07, 6.45) is 1.79. The molecule has 1 N–H and O–H groups in total. The van der Waals surface area contributed by atoms with E-state index in [-0.39, 0.29) is 9.79 Å². The van der Waals surface area contributed by atoms with Crippen molar-refractivity contribution in [2.75, 3.05) is 11.3 Å². The van der Waals surface area contributed by atoms with Gasteiger partial charge in [0.25, 0.3) is 11.3 Å². The fraction of sp³-hybridized carbons (Fsp3) is 0.200. The van der Waals surface area contributed by atoms with E-state index < -0.39 is 21.1 Å². The first-order chi connectivity index (χ1) is 13.0. The molecule has 0 spiro atoms. The smallest absolute Gasteiger partial charge is 0.261 e. The first-order valence-electron chi connectivity index (χ1n) is 8.67. The Kier molecular flexibility index (Phi) is 6.26. The quantitative estimate of drug-likeness (QED) is 0.563. The van der Waals surface area contributed by atoms with Crippen molar-refractivity contribution < 1.29 is 16.8 Å². The number of benzene rings is 3. The van der Waals surface area contributed by atoms with Gasteiger partial charge in [-0.3, -0.25) is 8.91 Å². The van der Waals surface area contributed by atoms with Crippen molar-refractivity contribution >= 4 is 37.6 Å². The summed E-state index contributed by atoms with van der Waals surface area (Å²) in [6, 6.07) is 18.8. The maximum Gasteiger partial charge on any atom is 0.261 e. The molecular weight excluding hydrogens is 382 g/mol. The SMILES string of the molecule is CCCCOS(=O)Nc1ccc(S(=O)(=O)c2cccc3ccccc23)cc1. The van der Waals surface area contributed by atoms with E-state index in [0.717, 1.165) is 18.2 Å². The Morgan fingerprint density at radius 2 is 1.67 bits per heavy atom. The number of hydrogen-bond donors (Lipinski definition) is 1. The van der Waals surface area contributed by atoms with Crippen molar-refractivity contribution in [3.8, 4) is 0 Å². The fourth-order valence-corrected chi connectivity index (χ4v) is 4.80. The zero-order chi connectivity index (χ0) is 19.3. The van der Waals surface area contributed by atoms with Gasteiger partial charge in [0.2, 0.25) is 9.84 Å². The Bertz CT molecular complexity index is 1040. The molecule has 5 nitrogen and oxygen atoms in total. The molecule has 0 aliphatic heterocycles. The summed E-state index contributed by atoms with van der Waals surface area (Å²) >= 11 is -1.65. The van der Waals surface area contributed by atoms with Crippen LogP contribution < -0.4 is 4.72 Å². The minimum absolute atomic E-state index is 0.182. The van der Waals surface area contributed by atoms with E-state index in [2.05, 4.69) is 4.72 Å². The second-order valence-corrected chi connectivity index (χ2v) is 8.84. The van der Waals surface area contributed by atoms with Crippen LogP contribution in [0, 0.1) is 0 Å². The average Bonchev–Trinajstić information content (AvgIpc) is 2.68. The topological polar surface area (TPSA) is 72.5 Å². The van der Waals surface area contributed by atoms with Crippen LogP contribution in [0.3, 0.4) is 0 Å². The number of anilines is 1. The second kappa shape index (κ2) is 8.65. The maximum atomic E-state index is 13.1. The monoisotopic (exact) mass is 403 g/mol. The zero-order valence-electron chi connectivity index (χ0n) is 14.9. The predicted octanol–water partition coefficient (Wildman–Crippen LogP) is 4.48. The molecule has 3 aromatic carbocycles. The van der Waals surface area contributed by atoms with Crippen molar-refractivity contribution in [1.29, 1.82) is 0 Å². The number of rotatable bonds is 8. The summed E-state index contributed by atoms with van der Waals surface area (Å²) in [5.74, 6) is 0. The van der Waals surface area contributed by atoms with Crippen LogP contribution in [0.2, 0.25) is 0 Å². The highest BCUT2D eigenvalue weighted by atomic mass is 32.2. The van der Waals surface area contributed by atoms with E-state index in [1.807, 2.05) is 31.2 Å². The van der Waals surface area contributed by atoms with Crippen molar-refractivity contribution in [1.82, 2.24) is 0 Å². The van der Waals surface area contributed by atoms with Crippen molar-refractivity contribution in [3.05, 3.63) is 66.7 Å². The Balaban J connectivity index is 1.82. The van der Waals surface area contributed by atoms with E-state index in [0.29, 0.717) is 17.7 Å². The molecule has 1 atom stereocenters. The first-order valence-corrected chi connectivity index (χ1v) is 11.2. The number of sulfone groups is 1. The van der Waals surface area contributed by atoms with Gasteiger partial charge in [0, 0.05) is 11.1 Å². The molecule has 0 radical (unpaired) electrons. The lowest BCUT2D eigenvalue weighted by Gasteiger charge is -2.10. The molecule has 7 heteroatoms. The molecule has 3 rings (SSSR count). The Morgan fingerprint density at radius 3 is 2.41 bits per heavy atom. The van der Waals surface area contributed by atoms with Crippen LogP contribution in [-0.4, -0.2) is 19.2 Å². The van der Waals surface area contributed by atoms with Crippen molar-refractivity contribution in [2.45, 2.75) is 29.6 Å². The fourth-order valence-electron chi connectivity index (χ4n) is 2.66. The van der Waals surface area contributed by atoms with Gasteiger partial charge in [-0.2, -0.15) is 0 Å². The van der Waals surface area contributed by atoms with Gasteiger partial charge in [-0.15, -0.1) is 0 Å². The van der Waals surface area contributed by atoms with Crippen LogP contribution in [0.25, 0.3) is 10.8 Å². The Labute approximate surface area is 162 Å². The molecule has 142 valence electrons. The minimum Gasteiger partial charge on any atom is -0.282 e. The van der Waals surface area contributed by atoms with Crippen LogP contribution in [0.15, 0.2) is 76.5 Å². The molecule has 0 aromatic heterocycles. The summed E-state index contributed by atoms with van der Waals surface area (Å²) in [5, 5.41) is 1.56. The average molecular weight is 404 g/mol. The molecule has 0 aliphatic rings. The van der Waals surface area contributed by atoms with Gasteiger partial charge in [-0.05, 0) is 42.1 Å². The third kappa shape index (κ3) is 4.55. The number of nitrogens with one attached hydrogen (secondary N) is 1. The van der Waals surface area contributed by atoms with Gasteiger partial charge in [-0.25, -0.2) is 12.6 Å². The molecule has 0 amide bonds. The summed E-state index contributed by atoms with van der Waals surface area (Å²) in [5.41, 5.74) is 0.529. The van der Waals surface area contributed by atoms with Crippen molar-refractivity contribution in [3.63, 3.8) is 0 Å². The van der Waals surface area contributed by atoms with E-state index in [1.54, 1.807) is 30.3 Å². The summed E-state index contributed by atoms with van der Waals surface area (Å²) < 4.78 is 45.7. The number of hydrogen-bond acceptors (Lipinski definition) is 4. The van der Waals surface area contributed by atoms with Gasteiger partial charge in [0.1, 0.15) is 0 Å². The number of fused-ring (bicyclic) bond motifs is 1. The van der Waals surface area contributed by atoms with Gasteiger partial charge in [-0.1, -0.05) is 49.7 Å². The molecule has 0 heterocycles. The predicted molar refractivity (Wildman–Crippen MR) is 108 cm³/mol. The summed E-state index contributed by atoms with van der Waals surface area (Å²) in [4.78, 5) is 0.454. The lowest BCUT2D eigenvalue weighted by Crippen LogP contribution is -2.09. The second-order valence-electron chi connectivity index (χ2n) is 6.02. The molecule has 3 aromatic rings. The van der Waals surface area contributed by atoms with Crippen LogP contribution in [0.5, 0.6) is 0 Å². The molecule has 0 bridgehead atoms. The highest BCUT2D eigenvalue weighted by Crippen LogP contribution is 2.28. The van der Waals surface area contributed by atoms with Crippen molar-refractivity contribution in [2.24, 2.45) is 0 Å². The van der Waals surface area contributed by atoms with Crippen LogP contribution in [-0.2, 0) is 25.3 Å². The third-order valence-corrected chi connectivity index (χ3v) is 6.70. The first kappa shape index (κ1) is 19.5. The van der Waals surface area contributed by atoms with Gasteiger partial charge in [0.05, 0.1) is 16.4 Å². The molecule has 0 saturated heterocycles. The van der Waals surface area contributed by atoms with Crippen LogP contribution in [0.4, 0.5) is 5.69 Å². The summed E-state index contributed by atoms with van der Waals surface area (Å²) in [7, 11) is -3.66.